The van der Waals surface area contributed by atoms with Gasteiger partial charge in [-0.25, -0.2) is 13.8 Å². The summed E-state index contributed by atoms with van der Waals surface area (Å²) in [6, 6.07) is 3.60. The van der Waals surface area contributed by atoms with E-state index in [9.17, 15) is 8.78 Å². The summed E-state index contributed by atoms with van der Waals surface area (Å²) in [5.74, 6) is 1.98. The monoisotopic (exact) mass is 545 g/mol. The van der Waals surface area contributed by atoms with Crippen molar-refractivity contribution < 1.29 is 8.78 Å². The van der Waals surface area contributed by atoms with Crippen LogP contribution in [0.1, 0.15) is 37.8 Å². The molecule has 2 aromatic rings. The molecular weight excluding hydrogens is 515 g/mol. The van der Waals surface area contributed by atoms with Gasteiger partial charge in [0.15, 0.2) is 11.8 Å². The van der Waals surface area contributed by atoms with E-state index in [2.05, 4.69) is 25.0 Å². The van der Waals surface area contributed by atoms with E-state index in [1.807, 2.05) is 11.8 Å². The molecule has 10 heteroatoms. The first-order chi connectivity index (χ1) is 14.7. The minimum absolute atomic E-state index is 0. The van der Waals surface area contributed by atoms with Crippen LogP contribution in [0.4, 0.5) is 14.5 Å². The van der Waals surface area contributed by atoms with Crippen molar-refractivity contribution in [3.63, 3.8) is 0 Å². The predicted octanol–water partition coefficient (Wildman–Crippen LogP) is 3.19. The molecule has 0 amide bonds. The second kappa shape index (κ2) is 11.1. The van der Waals surface area contributed by atoms with E-state index in [0.29, 0.717) is 38.4 Å². The maximum absolute atomic E-state index is 14.1. The number of fused-ring (bicyclic) bond motifs is 1. The van der Waals surface area contributed by atoms with Crippen LogP contribution in [0.2, 0.25) is 0 Å². The number of halogens is 3. The lowest BCUT2D eigenvalue weighted by Crippen LogP contribution is -2.52. The zero-order valence-electron chi connectivity index (χ0n) is 17.9. The highest BCUT2D eigenvalue weighted by Crippen LogP contribution is 2.22. The van der Waals surface area contributed by atoms with Crippen LogP contribution in [0.5, 0.6) is 0 Å². The molecule has 0 saturated carbocycles. The Kier molecular flexibility index (Phi) is 8.44. The summed E-state index contributed by atoms with van der Waals surface area (Å²) >= 11 is 0. The minimum Gasteiger partial charge on any atom is -0.366 e. The van der Waals surface area contributed by atoms with Gasteiger partial charge in [0.05, 0.1) is 5.69 Å². The molecule has 0 aliphatic carbocycles. The summed E-state index contributed by atoms with van der Waals surface area (Å²) in [7, 11) is 0. The van der Waals surface area contributed by atoms with E-state index in [0.717, 1.165) is 49.6 Å². The van der Waals surface area contributed by atoms with Crippen molar-refractivity contribution >= 4 is 35.6 Å². The van der Waals surface area contributed by atoms with E-state index in [1.54, 1.807) is 0 Å². The number of hydrogen-bond donors (Lipinski definition) is 1. The van der Waals surface area contributed by atoms with E-state index in [-0.39, 0.29) is 24.0 Å². The lowest BCUT2D eigenvalue weighted by molar-refractivity contribution is 0.370. The Labute approximate surface area is 198 Å². The van der Waals surface area contributed by atoms with Crippen LogP contribution in [-0.2, 0) is 19.5 Å². The maximum Gasteiger partial charge on any atom is 0.194 e. The molecule has 0 spiro atoms. The first-order valence-electron chi connectivity index (χ1n) is 10.8. The Balaban J connectivity index is 0.00000272. The SMILES string of the molecule is CCNC(=NCc1nnc2n1CCCCC2)N1CCN(c2cc(F)ccc2F)CC1.I. The van der Waals surface area contributed by atoms with Crippen LogP contribution >= 0.6 is 24.0 Å². The molecular formula is C21H30F2IN7. The van der Waals surface area contributed by atoms with Crippen molar-refractivity contribution in [1.29, 1.82) is 0 Å². The Bertz CT molecular complexity index is 894. The molecule has 0 unspecified atom stereocenters. The second-order valence-electron chi connectivity index (χ2n) is 7.73. The van der Waals surface area contributed by atoms with Crippen molar-refractivity contribution in [2.24, 2.45) is 4.99 Å². The van der Waals surface area contributed by atoms with Crippen molar-refractivity contribution in [2.45, 2.75) is 45.7 Å². The number of guanidine groups is 1. The maximum atomic E-state index is 14.1. The Hall–Kier alpha value is -1.98. The van der Waals surface area contributed by atoms with Gasteiger partial charge in [-0.2, -0.15) is 0 Å². The van der Waals surface area contributed by atoms with Crippen LogP contribution in [0, 0.1) is 11.6 Å². The fourth-order valence-corrected chi connectivity index (χ4v) is 4.12. The molecule has 170 valence electrons. The van der Waals surface area contributed by atoms with Crippen LogP contribution < -0.4 is 10.2 Å². The van der Waals surface area contributed by atoms with Gasteiger partial charge in [0, 0.05) is 51.8 Å². The lowest BCUT2D eigenvalue weighted by atomic mass is 10.2. The van der Waals surface area contributed by atoms with Crippen molar-refractivity contribution in [1.82, 2.24) is 25.0 Å². The first kappa shape index (κ1) is 23.7. The standard InChI is InChI=1S/C21H29F2N7.HI/c1-2-24-21(25-15-20-27-26-19-6-4-3-5-9-30(19)20)29-12-10-28(11-13-29)18-14-16(22)7-8-17(18)23;/h7-8,14H,2-6,9-13,15H2,1H3,(H,24,25);1H. The number of piperazine rings is 1. The molecule has 3 heterocycles. The Morgan fingerprint density at radius 3 is 2.65 bits per heavy atom. The van der Waals surface area contributed by atoms with Crippen LogP contribution in [-0.4, -0.2) is 58.3 Å². The van der Waals surface area contributed by atoms with Gasteiger partial charge in [-0.1, -0.05) is 6.42 Å². The van der Waals surface area contributed by atoms with Crippen molar-refractivity contribution in [3.05, 3.63) is 41.5 Å². The summed E-state index contributed by atoms with van der Waals surface area (Å²) in [6.45, 7) is 6.80. The zero-order chi connectivity index (χ0) is 20.9. The number of benzene rings is 1. The Morgan fingerprint density at radius 1 is 1.06 bits per heavy atom. The molecule has 1 aromatic heterocycles. The second-order valence-corrected chi connectivity index (χ2v) is 7.73. The summed E-state index contributed by atoms with van der Waals surface area (Å²) in [6.07, 6.45) is 4.53. The molecule has 2 aliphatic heterocycles. The van der Waals surface area contributed by atoms with Gasteiger partial charge >= 0.3 is 0 Å². The Morgan fingerprint density at radius 2 is 1.87 bits per heavy atom. The minimum atomic E-state index is -0.420. The number of aromatic nitrogens is 3. The molecule has 2 aliphatic rings. The highest BCUT2D eigenvalue weighted by Gasteiger charge is 2.22. The van der Waals surface area contributed by atoms with Gasteiger partial charge < -0.3 is 19.7 Å². The number of nitrogens with one attached hydrogen (secondary N) is 1. The molecule has 1 saturated heterocycles. The number of nitrogens with zero attached hydrogens (tertiary/aromatic N) is 6. The quantitative estimate of drug-likeness (QED) is 0.364. The van der Waals surface area contributed by atoms with E-state index < -0.39 is 11.6 Å². The average molecular weight is 545 g/mol. The number of anilines is 1. The third-order valence-electron chi connectivity index (χ3n) is 5.72. The third-order valence-corrected chi connectivity index (χ3v) is 5.72. The van der Waals surface area contributed by atoms with Crippen molar-refractivity contribution in [3.8, 4) is 0 Å². The van der Waals surface area contributed by atoms with Crippen molar-refractivity contribution in [2.75, 3.05) is 37.6 Å². The normalized spacial score (nSPS) is 17.1. The smallest absolute Gasteiger partial charge is 0.194 e. The summed E-state index contributed by atoms with van der Waals surface area (Å²) in [5, 5.41) is 12.1. The first-order valence-corrected chi connectivity index (χ1v) is 10.8. The van der Waals surface area contributed by atoms with Crippen LogP contribution in [0.3, 0.4) is 0 Å². The van der Waals surface area contributed by atoms with Gasteiger partial charge in [-0.05, 0) is 31.9 Å². The van der Waals surface area contributed by atoms with Crippen LogP contribution in [0.25, 0.3) is 0 Å². The van der Waals surface area contributed by atoms with E-state index in [1.165, 1.54) is 25.0 Å². The van der Waals surface area contributed by atoms with E-state index >= 15 is 0 Å². The van der Waals surface area contributed by atoms with E-state index in [4.69, 9.17) is 4.99 Å². The molecule has 1 N–H and O–H groups in total. The van der Waals surface area contributed by atoms with Crippen LogP contribution in [0.15, 0.2) is 23.2 Å². The van der Waals surface area contributed by atoms with Gasteiger partial charge in [-0.3, -0.25) is 0 Å². The number of aliphatic imine (C=N–C) groups is 1. The molecule has 4 rings (SSSR count). The molecule has 0 radical (unpaired) electrons. The third kappa shape index (κ3) is 5.64. The average Bonchev–Trinajstić information content (AvgIpc) is 2.99. The fourth-order valence-electron chi connectivity index (χ4n) is 4.12. The summed E-state index contributed by atoms with van der Waals surface area (Å²) in [4.78, 5) is 8.85. The number of aryl methyl sites for hydroxylation is 1. The predicted molar refractivity (Wildman–Crippen MR) is 128 cm³/mol. The molecule has 31 heavy (non-hydrogen) atoms. The topological polar surface area (TPSA) is 61.6 Å². The van der Waals surface area contributed by atoms with Gasteiger partial charge in [0.25, 0.3) is 0 Å². The molecule has 0 bridgehead atoms. The van der Waals surface area contributed by atoms with Gasteiger partial charge in [0.1, 0.15) is 24.0 Å². The zero-order valence-corrected chi connectivity index (χ0v) is 20.2. The van der Waals surface area contributed by atoms with Gasteiger partial charge in [-0.15, -0.1) is 34.2 Å². The number of rotatable bonds is 4. The fraction of sp³-hybridized carbons (Fsp3) is 0.571. The molecule has 1 fully saturated rings. The highest BCUT2D eigenvalue weighted by molar-refractivity contribution is 14.0. The molecule has 0 atom stereocenters. The number of hydrogen-bond acceptors (Lipinski definition) is 4. The summed E-state index contributed by atoms with van der Waals surface area (Å²) < 4.78 is 29.9. The largest absolute Gasteiger partial charge is 0.366 e. The van der Waals surface area contributed by atoms with Gasteiger partial charge in [0.2, 0.25) is 0 Å². The molecule has 7 nitrogen and oxygen atoms in total. The lowest BCUT2D eigenvalue weighted by Gasteiger charge is -2.37. The highest BCUT2D eigenvalue weighted by atomic mass is 127. The molecule has 1 aromatic carbocycles. The summed E-state index contributed by atoms with van der Waals surface area (Å²) in [5.41, 5.74) is 0.322.